The zero-order chi connectivity index (χ0) is 19.5. The second kappa shape index (κ2) is 7.43. The smallest absolute Gasteiger partial charge is 0.272 e. The highest BCUT2D eigenvalue weighted by Gasteiger charge is 2.16. The predicted molar refractivity (Wildman–Crippen MR) is 103 cm³/mol. The molecule has 0 N–H and O–H groups in total. The summed E-state index contributed by atoms with van der Waals surface area (Å²) in [5, 5.41) is 8.49. The summed E-state index contributed by atoms with van der Waals surface area (Å²) in [6, 6.07) is 12.9. The zero-order valence-corrected chi connectivity index (χ0v) is 15.5. The molecule has 0 fully saturated rings. The van der Waals surface area contributed by atoms with Gasteiger partial charge in [-0.25, -0.2) is 4.98 Å². The van der Waals surface area contributed by atoms with E-state index in [1.54, 1.807) is 48.0 Å². The lowest BCUT2D eigenvalue weighted by Gasteiger charge is -2.19. The van der Waals surface area contributed by atoms with E-state index in [2.05, 4.69) is 20.2 Å². The van der Waals surface area contributed by atoms with Gasteiger partial charge in [0.15, 0.2) is 0 Å². The van der Waals surface area contributed by atoms with E-state index in [1.807, 2.05) is 24.3 Å². The molecule has 8 heteroatoms. The van der Waals surface area contributed by atoms with Gasteiger partial charge in [-0.1, -0.05) is 18.2 Å². The maximum absolute atomic E-state index is 12.9. The fourth-order valence-corrected chi connectivity index (χ4v) is 3.04. The van der Waals surface area contributed by atoms with Crippen molar-refractivity contribution in [3.8, 4) is 11.6 Å². The Morgan fingerprint density at radius 3 is 2.71 bits per heavy atom. The molecule has 4 aromatic rings. The summed E-state index contributed by atoms with van der Waals surface area (Å²) in [6.45, 7) is 0.420. The van der Waals surface area contributed by atoms with Crippen LogP contribution in [0.25, 0.3) is 16.7 Å². The molecule has 4 rings (SSSR count). The quantitative estimate of drug-likeness (QED) is 0.533. The van der Waals surface area contributed by atoms with Crippen molar-refractivity contribution in [2.24, 2.45) is 0 Å². The number of amides is 1. The van der Waals surface area contributed by atoms with Crippen molar-refractivity contribution in [3.63, 3.8) is 0 Å². The van der Waals surface area contributed by atoms with Crippen LogP contribution < -0.4 is 4.74 Å². The van der Waals surface area contributed by atoms with Crippen LogP contribution in [0.15, 0.2) is 61.3 Å². The van der Waals surface area contributed by atoms with Gasteiger partial charge in [-0.2, -0.15) is 0 Å². The molecule has 0 bridgehead atoms. The van der Waals surface area contributed by atoms with Gasteiger partial charge in [-0.15, -0.1) is 10.2 Å². The fraction of sp³-hybridized carbons (Fsp3) is 0.150. The first-order valence-electron chi connectivity index (χ1n) is 8.65. The summed E-state index contributed by atoms with van der Waals surface area (Å²) < 4.78 is 7.04. The van der Waals surface area contributed by atoms with Crippen LogP contribution in [0, 0.1) is 0 Å². The van der Waals surface area contributed by atoms with Crippen molar-refractivity contribution in [3.05, 3.63) is 72.6 Å². The number of hydrogen-bond acceptors (Lipinski definition) is 6. The van der Waals surface area contributed by atoms with Crippen LogP contribution in [0.3, 0.4) is 0 Å². The number of nitrogens with zero attached hydrogens (tertiary/aromatic N) is 6. The van der Waals surface area contributed by atoms with Gasteiger partial charge in [0.05, 0.1) is 7.11 Å². The molecule has 8 nitrogen and oxygen atoms in total. The minimum absolute atomic E-state index is 0.178. The summed E-state index contributed by atoms with van der Waals surface area (Å²) in [6.07, 6.45) is 4.80. The maximum atomic E-state index is 12.9. The standard InChI is InChI=1S/C20H18N6O2/c1-25(11-14-8-9-17(28-2)19-15(14)5-4-10-21-19)20(27)16-6-3-7-18(24-16)26-12-22-23-13-26/h3-10,12-13H,11H2,1-2H3. The van der Waals surface area contributed by atoms with Crippen molar-refractivity contribution in [1.82, 2.24) is 29.6 Å². The monoisotopic (exact) mass is 374 g/mol. The van der Waals surface area contributed by atoms with E-state index in [9.17, 15) is 4.79 Å². The number of carbonyl (C=O) groups excluding carboxylic acids is 1. The number of benzene rings is 1. The van der Waals surface area contributed by atoms with E-state index in [0.717, 1.165) is 16.5 Å². The first-order chi connectivity index (χ1) is 13.7. The third-order valence-electron chi connectivity index (χ3n) is 4.43. The number of fused-ring (bicyclic) bond motifs is 1. The molecule has 3 heterocycles. The van der Waals surface area contributed by atoms with Gasteiger partial charge in [0.2, 0.25) is 0 Å². The van der Waals surface area contributed by atoms with Crippen LogP contribution in [0.2, 0.25) is 0 Å². The van der Waals surface area contributed by atoms with Crippen LogP contribution in [0.5, 0.6) is 5.75 Å². The van der Waals surface area contributed by atoms with Crippen molar-refractivity contribution < 1.29 is 9.53 Å². The molecule has 0 unspecified atom stereocenters. The van der Waals surface area contributed by atoms with Gasteiger partial charge in [0, 0.05) is 25.2 Å². The van der Waals surface area contributed by atoms with Gasteiger partial charge in [0.1, 0.15) is 35.4 Å². The first kappa shape index (κ1) is 17.6. The number of rotatable bonds is 5. The Morgan fingerprint density at radius 1 is 1.11 bits per heavy atom. The van der Waals surface area contributed by atoms with Gasteiger partial charge < -0.3 is 9.64 Å². The second-order valence-corrected chi connectivity index (χ2v) is 6.24. The molecule has 0 aliphatic heterocycles. The van der Waals surface area contributed by atoms with Crippen molar-refractivity contribution in [1.29, 1.82) is 0 Å². The van der Waals surface area contributed by atoms with Crippen LogP contribution in [-0.2, 0) is 6.54 Å². The molecule has 0 radical (unpaired) electrons. The number of pyridine rings is 2. The Hall–Kier alpha value is -3.81. The first-order valence-corrected chi connectivity index (χ1v) is 8.65. The second-order valence-electron chi connectivity index (χ2n) is 6.24. The molecule has 1 aromatic carbocycles. The molecule has 0 saturated carbocycles. The topological polar surface area (TPSA) is 86.0 Å². The summed E-state index contributed by atoms with van der Waals surface area (Å²) in [5.74, 6) is 1.11. The SMILES string of the molecule is COc1ccc(CN(C)C(=O)c2cccc(-n3cnnc3)n2)c2cccnc12. The molecule has 140 valence electrons. The molecular weight excluding hydrogens is 356 g/mol. The lowest BCUT2D eigenvalue weighted by molar-refractivity contribution is 0.0780. The molecule has 28 heavy (non-hydrogen) atoms. The molecule has 0 atom stereocenters. The zero-order valence-electron chi connectivity index (χ0n) is 15.5. The Morgan fingerprint density at radius 2 is 1.93 bits per heavy atom. The highest BCUT2D eigenvalue weighted by atomic mass is 16.5. The normalized spacial score (nSPS) is 10.8. The Labute approximate surface area is 161 Å². The third-order valence-corrected chi connectivity index (χ3v) is 4.43. The molecule has 0 aliphatic rings. The summed E-state index contributed by atoms with van der Waals surface area (Å²) in [5.41, 5.74) is 2.11. The van der Waals surface area contributed by atoms with Crippen molar-refractivity contribution >= 4 is 16.8 Å². The van der Waals surface area contributed by atoms with E-state index in [-0.39, 0.29) is 5.91 Å². The highest BCUT2D eigenvalue weighted by molar-refractivity contribution is 5.93. The Kier molecular flexibility index (Phi) is 4.67. The average Bonchev–Trinajstić information content (AvgIpc) is 3.28. The van der Waals surface area contributed by atoms with E-state index in [1.165, 1.54) is 12.7 Å². The third kappa shape index (κ3) is 3.27. The maximum Gasteiger partial charge on any atom is 0.272 e. The van der Waals surface area contributed by atoms with Crippen LogP contribution in [0.1, 0.15) is 16.1 Å². The lowest BCUT2D eigenvalue weighted by atomic mass is 10.1. The number of aromatic nitrogens is 5. The van der Waals surface area contributed by atoms with Crippen molar-refractivity contribution in [2.45, 2.75) is 6.54 Å². The van der Waals surface area contributed by atoms with E-state index >= 15 is 0 Å². The summed E-state index contributed by atoms with van der Waals surface area (Å²) in [4.78, 5) is 23.4. The number of methoxy groups -OCH3 is 1. The number of hydrogen-bond donors (Lipinski definition) is 0. The minimum Gasteiger partial charge on any atom is -0.494 e. The van der Waals surface area contributed by atoms with Crippen LogP contribution in [-0.4, -0.2) is 49.7 Å². The molecule has 0 spiro atoms. The van der Waals surface area contributed by atoms with Crippen LogP contribution in [0.4, 0.5) is 0 Å². The Balaban J connectivity index is 1.61. The molecular formula is C20H18N6O2. The summed E-state index contributed by atoms with van der Waals surface area (Å²) >= 11 is 0. The highest BCUT2D eigenvalue weighted by Crippen LogP contribution is 2.27. The van der Waals surface area contributed by atoms with Gasteiger partial charge in [-0.05, 0) is 29.8 Å². The minimum atomic E-state index is -0.178. The van der Waals surface area contributed by atoms with E-state index in [4.69, 9.17) is 4.74 Å². The number of ether oxygens (including phenoxy) is 1. The molecule has 0 aliphatic carbocycles. The van der Waals surface area contributed by atoms with E-state index in [0.29, 0.717) is 23.8 Å². The average molecular weight is 374 g/mol. The number of carbonyl (C=O) groups is 1. The van der Waals surface area contributed by atoms with Gasteiger partial charge in [-0.3, -0.25) is 14.3 Å². The fourth-order valence-electron chi connectivity index (χ4n) is 3.04. The van der Waals surface area contributed by atoms with Crippen LogP contribution >= 0.6 is 0 Å². The molecule has 0 saturated heterocycles. The summed E-state index contributed by atoms with van der Waals surface area (Å²) in [7, 11) is 3.37. The van der Waals surface area contributed by atoms with Gasteiger partial charge >= 0.3 is 0 Å². The Bertz CT molecular complexity index is 1130. The largest absolute Gasteiger partial charge is 0.494 e. The van der Waals surface area contributed by atoms with Gasteiger partial charge in [0.25, 0.3) is 5.91 Å². The van der Waals surface area contributed by atoms with Crippen molar-refractivity contribution in [2.75, 3.05) is 14.2 Å². The molecule has 3 aromatic heterocycles. The lowest BCUT2D eigenvalue weighted by Crippen LogP contribution is -2.27. The van der Waals surface area contributed by atoms with E-state index < -0.39 is 0 Å². The molecule has 1 amide bonds. The predicted octanol–water partition coefficient (Wildman–Crippen LogP) is 2.49.